The number of aromatic nitrogens is 2. The van der Waals surface area contributed by atoms with Crippen LogP contribution in [0, 0.1) is 0 Å². The third kappa shape index (κ3) is 0.780. The highest BCUT2D eigenvalue weighted by molar-refractivity contribution is 5.77. The molecule has 0 radical (unpaired) electrons. The van der Waals surface area contributed by atoms with Gasteiger partial charge in [0.1, 0.15) is 11.3 Å². The van der Waals surface area contributed by atoms with Gasteiger partial charge in [0.2, 0.25) is 5.88 Å². The van der Waals surface area contributed by atoms with Crippen LogP contribution in [0.25, 0.3) is 5.65 Å². The summed E-state index contributed by atoms with van der Waals surface area (Å²) in [4.78, 5) is 14.3. The lowest BCUT2D eigenvalue weighted by atomic mass is 10.4. The minimum atomic E-state index is -0.226. The monoisotopic (exact) mass is 162 g/mol. The molecular weight excluding hydrogens is 156 g/mol. The highest BCUT2D eigenvalue weighted by Crippen LogP contribution is 2.15. The number of hydrogen-bond donors (Lipinski definition) is 1. The Kier molecular flexibility index (Phi) is 1.33. The molecular formula is C8H6N2O2. The maximum Gasteiger partial charge on any atom is 0.241 e. The average molecular weight is 162 g/mol. The van der Waals surface area contributed by atoms with Crippen LogP contribution < -0.4 is 0 Å². The largest absolute Gasteiger partial charge is 0.492 e. The summed E-state index contributed by atoms with van der Waals surface area (Å²) in [6.07, 6.45) is 2.25. The predicted molar refractivity (Wildman–Crippen MR) is 42.2 cm³/mol. The minimum absolute atomic E-state index is 0.186. The molecule has 2 rings (SSSR count). The fraction of sp³-hybridized carbons (Fsp3) is 0. The third-order valence-corrected chi connectivity index (χ3v) is 1.66. The van der Waals surface area contributed by atoms with Gasteiger partial charge in [0, 0.05) is 6.20 Å². The van der Waals surface area contributed by atoms with E-state index in [9.17, 15) is 9.90 Å². The van der Waals surface area contributed by atoms with E-state index in [1.54, 1.807) is 24.4 Å². The quantitative estimate of drug-likeness (QED) is 0.632. The molecule has 0 unspecified atom stereocenters. The number of pyridine rings is 1. The van der Waals surface area contributed by atoms with E-state index in [1.807, 2.05) is 0 Å². The van der Waals surface area contributed by atoms with E-state index in [1.165, 1.54) is 4.40 Å². The minimum Gasteiger partial charge on any atom is -0.492 e. The van der Waals surface area contributed by atoms with Gasteiger partial charge in [-0.3, -0.25) is 9.20 Å². The molecule has 0 amide bonds. The van der Waals surface area contributed by atoms with Gasteiger partial charge >= 0.3 is 0 Å². The van der Waals surface area contributed by atoms with Crippen molar-refractivity contribution >= 4 is 11.9 Å². The van der Waals surface area contributed by atoms with Gasteiger partial charge in [-0.05, 0) is 12.1 Å². The van der Waals surface area contributed by atoms with E-state index in [4.69, 9.17) is 0 Å². The van der Waals surface area contributed by atoms with Crippen LogP contribution in [0.2, 0.25) is 0 Å². The van der Waals surface area contributed by atoms with Crippen molar-refractivity contribution in [3.63, 3.8) is 0 Å². The molecule has 0 aromatic carbocycles. The molecule has 0 spiro atoms. The van der Waals surface area contributed by atoms with Gasteiger partial charge in [-0.25, -0.2) is 0 Å². The van der Waals surface area contributed by atoms with Crippen LogP contribution in [-0.2, 0) is 0 Å². The van der Waals surface area contributed by atoms with Crippen LogP contribution in [-0.4, -0.2) is 20.8 Å². The summed E-state index contributed by atoms with van der Waals surface area (Å²) in [5, 5.41) is 9.17. The topological polar surface area (TPSA) is 54.6 Å². The van der Waals surface area contributed by atoms with Crippen LogP contribution in [0.3, 0.4) is 0 Å². The van der Waals surface area contributed by atoms with Gasteiger partial charge < -0.3 is 5.11 Å². The SMILES string of the molecule is O=Cc1c(O)nc2ccccn12. The molecule has 0 fully saturated rings. The van der Waals surface area contributed by atoms with E-state index in [2.05, 4.69) is 4.98 Å². The molecule has 2 heterocycles. The van der Waals surface area contributed by atoms with Crippen LogP contribution in [0.5, 0.6) is 5.88 Å². The van der Waals surface area contributed by atoms with Crippen molar-refractivity contribution in [1.82, 2.24) is 9.38 Å². The number of fused-ring (bicyclic) bond motifs is 1. The molecule has 0 saturated heterocycles. The van der Waals surface area contributed by atoms with Crippen LogP contribution in [0.4, 0.5) is 0 Å². The normalized spacial score (nSPS) is 10.3. The number of aromatic hydroxyl groups is 1. The first kappa shape index (κ1) is 6.84. The second-order valence-electron chi connectivity index (χ2n) is 2.37. The summed E-state index contributed by atoms with van der Waals surface area (Å²) in [7, 11) is 0. The van der Waals surface area contributed by atoms with Crippen molar-refractivity contribution in [2.24, 2.45) is 0 Å². The van der Waals surface area contributed by atoms with Crippen molar-refractivity contribution < 1.29 is 9.90 Å². The number of carbonyl (C=O) groups is 1. The van der Waals surface area contributed by atoms with Gasteiger partial charge in [0.05, 0.1) is 0 Å². The first-order valence-electron chi connectivity index (χ1n) is 3.44. The van der Waals surface area contributed by atoms with Crippen molar-refractivity contribution in [3.05, 3.63) is 30.1 Å². The Hall–Kier alpha value is -1.84. The Bertz CT molecular complexity index is 434. The van der Waals surface area contributed by atoms with Crippen LogP contribution in [0.1, 0.15) is 10.5 Å². The van der Waals surface area contributed by atoms with Gasteiger partial charge in [-0.15, -0.1) is 0 Å². The standard InChI is InChI=1S/C8H6N2O2/c11-5-6-8(12)9-7-3-1-2-4-10(6)7/h1-5,12H. The zero-order valence-electron chi connectivity index (χ0n) is 6.14. The Labute approximate surface area is 68.1 Å². The first-order valence-corrected chi connectivity index (χ1v) is 3.44. The van der Waals surface area contributed by atoms with Gasteiger partial charge in [0.15, 0.2) is 6.29 Å². The number of aldehydes is 1. The highest BCUT2D eigenvalue weighted by atomic mass is 16.3. The second-order valence-corrected chi connectivity index (χ2v) is 2.37. The zero-order chi connectivity index (χ0) is 8.55. The molecule has 0 bridgehead atoms. The zero-order valence-corrected chi connectivity index (χ0v) is 6.14. The molecule has 0 aliphatic heterocycles. The number of nitrogens with zero attached hydrogens (tertiary/aromatic N) is 2. The summed E-state index contributed by atoms with van der Waals surface area (Å²) < 4.78 is 1.53. The second kappa shape index (κ2) is 2.34. The maximum absolute atomic E-state index is 10.5. The Morgan fingerprint density at radius 2 is 2.33 bits per heavy atom. The lowest BCUT2D eigenvalue weighted by Gasteiger charge is -1.91. The van der Waals surface area contributed by atoms with Crippen LogP contribution in [0.15, 0.2) is 24.4 Å². The summed E-state index contributed by atoms with van der Waals surface area (Å²) in [6.45, 7) is 0. The van der Waals surface area contributed by atoms with Crippen molar-refractivity contribution in [2.75, 3.05) is 0 Å². The molecule has 0 aliphatic carbocycles. The molecule has 4 heteroatoms. The molecule has 60 valence electrons. The number of imidazole rings is 1. The van der Waals surface area contributed by atoms with Gasteiger partial charge in [-0.1, -0.05) is 6.07 Å². The Balaban J connectivity index is 2.90. The lowest BCUT2D eigenvalue weighted by molar-refractivity contribution is 0.111. The maximum atomic E-state index is 10.5. The Morgan fingerprint density at radius 3 is 3.08 bits per heavy atom. The smallest absolute Gasteiger partial charge is 0.241 e. The Morgan fingerprint density at radius 1 is 1.50 bits per heavy atom. The number of rotatable bonds is 1. The summed E-state index contributed by atoms with van der Waals surface area (Å²) >= 11 is 0. The molecule has 12 heavy (non-hydrogen) atoms. The summed E-state index contributed by atoms with van der Waals surface area (Å²) in [5.41, 5.74) is 0.753. The molecule has 0 saturated carbocycles. The molecule has 0 aliphatic rings. The molecule has 1 N–H and O–H groups in total. The third-order valence-electron chi connectivity index (χ3n) is 1.66. The number of hydrogen-bond acceptors (Lipinski definition) is 3. The van der Waals surface area contributed by atoms with Gasteiger partial charge in [0.25, 0.3) is 0 Å². The average Bonchev–Trinajstić information content (AvgIpc) is 2.40. The highest BCUT2D eigenvalue weighted by Gasteiger charge is 2.07. The van der Waals surface area contributed by atoms with Gasteiger partial charge in [-0.2, -0.15) is 4.98 Å². The summed E-state index contributed by atoms with van der Waals surface area (Å²) in [6, 6.07) is 5.27. The fourth-order valence-corrected chi connectivity index (χ4v) is 1.11. The van der Waals surface area contributed by atoms with E-state index < -0.39 is 0 Å². The molecule has 2 aromatic rings. The number of carbonyl (C=O) groups excluding carboxylic acids is 1. The van der Waals surface area contributed by atoms with E-state index in [0.29, 0.717) is 11.9 Å². The molecule has 0 atom stereocenters. The molecule has 2 aromatic heterocycles. The van der Waals surface area contributed by atoms with E-state index >= 15 is 0 Å². The first-order chi connectivity index (χ1) is 5.83. The van der Waals surface area contributed by atoms with Crippen molar-refractivity contribution in [3.8, 4) is 5.88 Å². The van der Waals surface area contributed by atoms with Crippen molar-refractivity contribution in [1.29, 1.82) is 0 Å². The van der Waals surface area contributed by atoms with Crippen molar-refractivity contribution in [2.45, 2.75) is 0 Å². The van der Waals surface area contributed by atoms with Crippen LogP contribution >= 0.6 is 0 Å². The lowest BCUT2D eigenvalue weighted by Crippen LogP contribution is -1.88. The van der Waals surface area contributed by atoms with E-state index in [-0.39, 0.29) is 11.6 Å². The molecule has 4 nitrogen and oxygen atoms in total. The predicted octanol–water partition coefficient (Wildman–Crippen LogP) is 0.852. The summed E-state index contributed by atoms with van der Waals surface area (Å²) in [5.74, 6) is -0.226. The van der Waals surface area contributed by atoms with E-state index in [0.717, 1.165) is 0 Å². The fourth-order valence-electron chi connectivity index (χ4n) is 1.11.